The predicted molar refractivity (Wildman–Crippen MR) is 83.3 cm³/mol. The van der Waals surface area contributed by atoms with E-state index in [1.807, 2.05) is 42.5 Å². The third-order valence-electron chi connectivity index (χ3n) is 3.72. The first-order valence-corrected chi connectivity index (χ1v) is 7.05. The smallest absolute Gasteiger partial charge is 0.0750 e. The van der Waals surface area contributed by atoms with Crippen LogP contribution in [0.1, 0.15) is 23.6 Å². The minimum atomic E-state index is 0.0730. The maximum absolute atomic E-state index is 5.77. The highest BCUT2D eigenvalue weighted by molar-refractivity contribution is 5.81. The summed E-state index contributed by atoms with van der Waals surface area (Å²) in [5.41, 5.74) is 6.28. The fourth-order valence-electron chi connectivity index (χ4n) is 2.65. The summed E-state index contributed by atoms with van der Waals surface area (Å²) < 4.78 is 1.82. The number of rotatable bonds is 5. The molecule has 1 atom stereocenters. The number of nitrogens with zero attached hydrogens (tertiary/aromatic N) is 3. The topological polar surface area (TPSA) is 68.8 Å². The summed E-state index contributed by atoms with van der Waals surface area (Å²) in [6, 6.07) is 10.3. The molecule has 0 radical (unpaired) electrons. The van der Waals surface area contributed by atoms with Gasteiger partial charge in [0, 0.05) is 30.9 Å². The Balaban J connectivity index is 1.84. The third-order valence-corrected chi connectivity index (χ3v) is 3.72. The number of hydrazine groups is 1. The van der Waals surface area contributed by atoms with Crippen LogP contribution >= 0.6 is 0 Å². The lowest BCUT2D eigenvalue weighted by Gasteiger charge is -2.17. The normalized spacial score (nSPS) is 12.7. The molecule has 0 saturated heterocycles. The van der Waals surface area contributed by atoms with Crippen LogP contribution in [-0.4, -0.2) is 14.8 Å². The van der Waals surface area contributed by atoms with E-state index in [4.69, 9.17) is 5.84 Å². The van der Waals surface area contributed by atoms with E-state index in [-0.39, 0.29) is 6.04 Å². The number of fused-ring (bicyclic) bond motifs is 1. The van der Waals surface area contributed by atoms with Gasteiger partial charge in [-0.05, 0) is 30.0 Å². The van der Waals surface area contributed by atoms with Crippen molar-refractivity contribution in [3.63, 3.8) is 0 Å². The SMILES string of the molecule is Cn1cc(CCC(NN)c2cccc3cccnc23)cn1. The molecule has 0 saturated carbocycles. The van der Waals surface area contributed by atoms with Crippen molar-refractivity contribution in [3.8, 4) is 0 Å². The summed E-state index contributed by atoms with van der Waals surface area (Å²) in [6.45, 7) is 0. The van der Waals surface area contributed by atoms with Gasteiger partial charge in [-0.2, -0.15) is 5.10 Å². The fraction of sp³-hybridized carbons (Fsp3) is 0.250. The molecule has 0 fully saturated rings. The zero-order chi connectivity index (χ0) is 14.7. The van der Waals surface area contributed by atoms with E-state index in [2.05, 4.69) is 33.7 Å². The molecule has 2 heterocycles. The molecule has 2 aromatic heterocycles. The average molecular weight is 281 g/mol. The van der Waals surface area contributed by atoms with Crippen molar-refractivity contribution in [2.24, 2.45) is 12.9 Å². The van der Waals surface area contributed by atoms with E-state index in [1.54, 1.807) is 0 Å². The van der Waals surface area contributed by atoms with Gasteiger partial charge in [-0.15, -0.1) is 0 Å². The molecule has 3 aromatic rings. The van der Waals surface area contributed by atoms with Crippen LogP contribution in [0.25, 0.3) is 10.9 Å². The summed E-state index contributed by atoms with van der Waals surface area (Å²) >= 11 is 0. The summed E-state index contributed by atoms with van der Waals surface area (Å²) in [5.74, 6) is 5.77. The molecule has 5 nitrogen and oxygen atoms in total. The second-order valence-electron chi connectivity index (χ2n) is 5.20. The van der Waals surface area contributed by atoms with Crippen molar-refractivity contribution in [2.45, 2.75) is 18.9 Å². The van der Waals surface area contributed by atoms with E-state index in [0.717, 1.165) is 29.3 Å². The van der Waals surface area contributed by atoms with E-state index < -0.39 is 0 Å². The first-order chi connectivity index (χ1) is 10.3. The van der Waals surface area contributed by atoms with Crippen LogP contribution in [0, 0.1) is 0 Å². The van der Waals surface area contributed by atoms with E-state index in [1.165, 1.54) is 5.56 Å². The average Bonchev–Trinajstić information content (AvgIpc) is 2.93. The van der Waals surface area contributed by atoms with Crippen LogP contribution in [0.3, 0.4) is 0 Å². The number of aryl methyl sites for hydroxylation is 2. The molecule has 0 aliphatic carbocycles. The van der Waals surface area contributed by atoms with Crippen LogP contribution in [0.2, 0.25) is 0 Å². The van der Waals surface area contributed by atoms with Crippen molar-refractivity contribution < 1.29 is 0 Å². The first-order valence-electron chi connectivity index (χ1n) is 7.05. The van der Waals surface area contributed by atoms with Crippen molar-refractivity contribution in [1.29, 1.82) is 0 Å². The second kappa shape index (κ2) is 6.03. The Labute approximate surface area is 123 Å². The molecule has 0 aliphatic rings. The Morgan fingerprint density at radius 3 is 2.90 bits per heavy atom. The molecule has 0 aliphatic heterocycles. The number of aromatic nitrogens is 3. The van der Waals surface area contributed by atoms with Gasteiger partial charge in [0.15, 0.2) is 0 Å². The molecule has 0 spiro atoms. The quantitative estimate of drug-likeness (QED) is 0.555. The number of nitrogens with two attached hydrogens (primary N) is 1. The first kappa shape index (κ1) is 13.7. The molecular weight excluding hydrogens is 262 g/mol. The summed E-state index contributed by atoms with van der Waals surface area (Å²) in [7, 11) is 1.93. The zero-order valence-corrected chi connectivity index (χ0v) is 12.0. The van der Waals surface area contributed by atoms with Crippen LogP contribution < -0.4 is 11.3 Å². The van der Waals surface area contributed by atoms with Gasteiger partial charge < -0.3 is 0 Å². The van der Waals surface area contributed by atoms with Crippen LogP contribution in [0.5, 0.6) is 0 Å². The lowest BCUT2D eigenvalue weighted by molar-refractivity contribution is 0.519. The summed E-state index contributed by atoms with van der Waals surface area (Å²) in [6.07, 6.45) is 7.58. The van der Waals surface area contributed by atoms with Gasteiger partial charge in [0.2, 0.25) is 0 Å². The van der Waals surface area contributed by atoms with Gasteiger partial charge >= 0.3 is 0 Å². The van der Waals surface area contributed by atoms with Gasteiger partial charge in [0.05, 0.1) is 11.7 Å². The maximum atomic E-state index is 5.77. The van der Waals surface area contributed by atoms with Gasteiger partial charge in [0.25, 0.3) is 0 Å². The fourth-order valence-corrected chi connectivity index (χ4v) is 2.65. The summed E-state index contributed by atoms with van der Waals surface area (Å²) in [4.78, 5) is 4.50. The van der Waals surface area contributed by atoms with E-state index in [9.17, 15) is 0 Å². The number of hydrogen-bond acceptors (Lipinski definition) is 4. The predicted octanol–water partition coefficient (Wildman–Crippen LogP) is 2.11. The van der Waals surface area contributed by atoms with Crippen LogP contribution in [0.4, 0.5) is 0 Å². The highest BCUT2D eigenvalue weighted by Crippen LogP contribution is 2.25. The molecule has 5 heteroatoms. The third kappa shape index (κ3) is 2.94. The Kier molecular flexibility index (Phi) is 3.94. The molecular formula is C16H19N5. The van der Waals surface area contributed by atoms with Crippen LogP contribution in [-0.2, 0) is 13.5 Å². The Hall–Kier alpha value is -2.24. The molecule has 108 valence electrons. The monoisotopic (exact) mass is 281 g/mol. The largest absolute Gasteiger partial charge is 0.276 e. The minimum Gasteiger partial charge on any atom is -0.276 e. The standard InChI is InChI=1S/C16H19N5/c1-21-11-12(10-19-21)7-8-15(20-17)14-6-2-4-13-5-3-9-18-16(13)14/h2-6,9-11,15,20H,7-8,17H2,1H3. The second-order valence-corrected chi connectivity index (χ2v) is 5.20. The number of hydrogen-bond donors (Lipinski definition) is 2. The number of pyridine rings is 1. The van der Waals surface area contributed by atoms with Gasteiger partial charge in [-0.25, -0.2) is 0 Å². The van der Waals surface area contributed by atoms with Gasteiger partial charge in [0.1, 0.15) is 0 Å². The molecule has 1 aromatic carbocycles. The van der Waals surface area contributed by atoms with E-state index in [0.29, 0.717) is 0 Å². The molecule has 0 bridgehead atoms. The molecule has 1 unspecified atom stereocenters. The van der Waals surface area contributed by atoms with Gasteiger partial charge in [-0.1, -0.05) is 24.3 Å². The maximum Gasteiger partial charge on any atom is 0.0750 e. The van der Waals surface area contributed by atoms with Crippen molar-refractivity contribution in [2.75, 3.05) is 0 Å². The van der Waals surface area contributed by atoms with E-state index >= 15 is 0 Å². The number of benzene rings is 1. The lowest BCUT2D eigenvalue weighted by Crippen LogP contribution is -2.28. The van der Waals surface area contributed by atoms with Crippen molar-refractivity contribution in [3.05, 3.63) is 60.0 Å². The number of nitrogens with one attached hydrogen (secondary N) is 1. The molecule has 21 heavy (non-hydrogen) atoms. The Morgan fingerprint density at radius 1 is 1.29 bits per heavy atom. The zero-order valence-electron chi connectivity index (χ0n) is 12.0. The molecule has 3 N–H and O–H groups in total. The van der Waals surface area contributed by atoms with Crippen molar-refractivity contribution >= 4 is 10.9 Å². The summed E-state index contributed by atoms with van der Waals surface area (Å²) in [5, 5.41) is 5.33. The van der Waals surface area contributed by atoms with Crippen LogP contribution in [0.15, 0.2) is 48.9 Å². The van der Waals surface area contributed by atoms with Crippen molar-refractivity contribution in [1.82, 2.24) is 20.2 Å². The Bertz CT molecular complexity index is 729. The minimum absolute atomic E-state index is 0.0730. The van der Waals surface area contributed by atoms with Gasteiger partial charge in [-0.3, -0.25) is 20.9 Å². The molecule has 3 rings (SSSR count). The Morgan fingerprint density at radius 2 is 2.14 bits per heavy atom. The lowest BCUT2D eigenvalue weighted by atomic mass is 9.98. The molecule has 0 amide bonds. The highest BCUT2D eigenvalue weighted by atomic mass is 15.2. The highest BCUT2D eigenvalue weighted by Gasteiger charge is 2.14. The number of para-hydroxylation sites is 1.